The molecule has 1 atom stereocenters. The number of nitrogens with zero attached hydrogens (tertiary/aromatic N) is 2. The zero-order valence-electron chi connectivity index (χ0n) is 16.3. The number of nitro groups is 1. The summed E-state index contributed by atoms with van der Waals surface area (Å²) >= 11 is 0. The second-order valence-corrected chi connectivity index (χ2v) is 8.87. The van der Waals surface area contributed by atoms with Crippen LogP contribution in [0.5, 0.6) is 0 Å². The summed E-state index contributed by atoms with van der Waals surface area (Å²) in [6.07, 6.45) is 1.81. The number of hydrogen-bond donors (Lipinski definition) is 1. The third kappa shape index (κ3) is 3.93. The highest BCUT2D eigenvalue weighted by molar-refractivity contribution is 7.89. The summed E-state index contributed by atoms with van der Waals surface area (Å²) in [6.45, 7) is 7.74. The zero-order chi connectivity index (χ0) is 20.6. The van der Waals surface area contributed by atoms with Gasteiger partial charge in [-0.25, -0.2) is 13.1 Å². The van der Waals surface area contributed by atoms with E-state index in [0.29, 0.717) is 11.4 Å². The number of hydrogen-bond acceptors (Lipinski definition) is 4. The fraction of sp³-hybridized carbons (Fsp3) is 0.300. The monoisotopic (exact) mass is 401 g/mol. The van der Waals surface area contributed by atoms with Crippen LogP contribution < -0.4 is 4.72 Å². The van der Waals surface area contributed by atoms with Gasteiger partial charge in [0.05, 0.1) is 9.82 Å². The molecule has 7 nitrogen and oxygen atoms in total. The molecule has 28 heavy (non-hydrogen) atoms. The molecule has 0 spiro atoms. The summed E-state index contributed by atoms with van der Waals surface area (Å²) in [6, 6.07) is 9.79. The third-order valence-electron chi connectivity index (χ3n) is 4.67. The minimum Gasteiger partial charge on any atom is -0.346 e. The number of nitro benzene ring substituents is 1. The lowest BCUT2D eigenvalue weighted by molar-refractivity contribution is -0.384. The van der Waals surface area contributed by atoms with Crippen molar-refractivity contribution in [3.05, 3.63) is 69.4 Å². The van der Waals surface area contributed by atoms with Gasteiger partial charge in [0.25, 0.3) is 5.69 Å². The Labute approximate surface area is 164 Å². The number of aryl methyl sites for hydroxylation is 3. The number of non-ortho nitro benzene ring substituents is 1. The summed E-state index contributed by atoms with van der Waals surface area (Å²) in [7, 11) is -3.66. The Morgan fingerprint density at radius 2 is 1.75 bits per heavy atom. The van der Waals surface area contributed by atoms with Crippen molar-refractivity contribution >= 4 is 26.6 Å². The van der Waals surface area contributed by atoms with Crippen LogP contribution in [-0.2, 0) is 16.6 Å². The van der Waals surface area contributed by atoms with E-state index in [9.17, 15) is 18.5 Å². The largest absolute Gasteiger partial charge is 0.346 e. The summed E-state index contributed by atoms with van der Waals surface area (Å²) in [4.78, 5) is 10.8. The maximum Gasteiger partial charge on any atom is 0.270 e. The fourth-order valence-electron chi connectivity index (χ4n) is 3.71. The van der Waals surface area contributed by atoms with Crippen LogP contribution in [0.4, 0.5) is 5.69 Å². The van der Waals surface area contributed by atoms with Gasteiger partial charge in [-0.3, -0.25) is 10.1 Å². The Kier molecular flexibility index (Phi) is 5.27. The molecule has 0 radical (unpaired) electrons. The van der Waals surface area contributed by atoms with Crippen molar-refractivity contribution in [2.75, 3.05) is 0 Å². The highest BCUT2D eigenvalue weighted by atomic mass is 32.2. The summed E-state index contributed by atoms with van der Waals surface area (Å²) in [5, 5.41) is 11.7. The predicted molar refractivity (Wildman–Crippen MR) is 109 cm³/mol. The number of nitrogens with one attached hydrogen (secondary N) is 1. The number of sulfonamides is 1. The Hall–Kier alpha value is -2.71. The van der Waals surface area contributed by atoms with Gasteiger partial charge in [0.1, 0.15) is 0 Å². The van der Waals surface area contributed by atoms with Crippen molar-refractivity contribution < 1.29 is 13.3 Å². The van der Waals surface area contributed by atoms with E-state index in [-0.39, 0.29) is 11.7 Å². The van der Waals surface area contributed by atoms with Crippen LogP contribution in [0.25, 0.3) is 10.9 Å². The van der Waals surface area contributed by atoms with E-state index < -0.39 is 14.9 Å². The maximum absolute atomic E-state index is 12.9. The highest BCUT2D eigenvalue weighted by Gasteiger charge is 2.22. The standard InChI is InChI=1S/C20H23N3O4S/c1-13-9-14(2)20(15(3)10-13)28(26,27)21-16(4)12-22-8-7-17-11-18(23(24)25)5-6-19(17)22/h5-11,16,21H,12H2,1-4H3. The molecule has 0 aliphatic rings. The molecule has 1 heterocycles. The summed E-state index contributed by atoms with van der Waals surface area (Å²) in [5.41, 5.74) is 3.31. The van der Waals surface area contributed by atoms with E-state index in [0.717, 1.165) is 27.6 Å². The second-order valence-electron chi connectivity index (χ2n) is 7.22. The first-order valence-corrected chi connectivity index (χ1v) is 10.4. The lowest BCUT2D eigenvalue weighted by Crippen LogP contribution is -2.36. The molecule has 1 aromatic heterocycles. The fourth-order valence-corrected chi connectivity index (χ4v) is 5.39. The van der Waals surface area contributed by atoms with Gasteiger partial charge >= 0.3 is 0 Å². The predicted octanol–water partition coefficient (Wildman–Crippen LogP) is 3.84. The number of aromatic nitrogens is 1. The van der Waals surface area contributed by atoms with Gasteiger partial charge in [-0.05, 0) is 51.0 Å². The van der Waals surface area contributed by atoms with Crippen LogP contribution in [0, 0.1) is 30.9 Å². The van der Waals surface area contributed by atoms with Gasteiger partial charge in [-0.2, -0.15) is 0 Å². The van der Waals surface area contributed by atoms with Gasteiger partial charge in [0.2, 0.25) is 10.0 Å². The van der Waals surface area contributed by atoms with Crippen LogP contribution in [0.15, 0.2) is 47.5 Å². The Balaban J connectivity index is 1.83. The average Bonchev–Trinajstić information content (AvgIpc) is 2.94. The molecule has 148 valence electrons. The molecule has 0 saturated carbocycles. The number of rotatable bonds is 6. The molecule has 3 rings (SSSR count). The first kappa shape index (κ1) is 20.0. The Bertz CT molecular complexity index is 1140. The summed E-state index contributed by atoms with van der Waals surface area (Å²) in [5.74, 6) is 0. The molecule has 3 aromatic rings. The van der Waals surface area contributed by atoms with E-state index in [4.69, 9.17) is 0 Å². The van der Waals surface area contributed by atoms with Crippen LogP contribution in [0.1, 0.15) is 23.6 Å². The van der Waals surface area contributed by atoms with Crippen molar-refractivity contribution in [3.8, 4) is 0 Å². The quantitative estimate of drug-likeness (QED) is 0.501. The number of fused-ring (bicyclic) bond motifs is 1. The minimum absolute atomic E-state index is 0.0318. The van der Waals surface area contributed by atoms with Crippen LogP contribution in [0.3, 0.4) is 0 Å². The molecular weight excluding hydrogens is 378 g/mol. The van der Waals surface area contributed by atoms with Gasteiger partial charge in [-0.1, -0.05) is 17.7 Å². The van der Waals surface area contributed by atoms with Crippen molar-refractivity contribution in [3.63, 3.8) is 0 Å². The van der Waals surface area contributed by atoms with Gasteiger partial charge < -0.3 is 4.57 Å². The molecule has 0 fully saturated rings. The molecule has 2 aromatic carbocycles. The molecule has 0 amide bonds. The van der Waals surface area contributed by atoms with E-state index >= 15 is 0 Å². The molecule has 0 bridgehead atoms. The van der Waals surface area contributed by atoms with E-state index in [1.54, 1.807) is 32.9 Å². The normalized spacial score (nSPS) is 13.0. The second kappa shape index (κ2) is 7.37. The van der Waals surface area contributed by atoms with Crippen molar-refractivity contribution in [2.24, 2.45) is 0 Å². The van der Waals surface area contributed by atoms with E-state index in [1.807, 2.05) is 29.8 Å². The van der Waals surface area contributed by atoms with E-state index in [2.05, 4.69) is 4.72 Å². The molecule has 1 N–H and O–H groups in total. The van der Waals surface area contributed by atoms with Gasteiger partial charge in [0.15, 0.2) is 0 Å². The van der Waals surface area contributed by atoms with Crippen LogP contribution >= 0.6 is 0 Å². The SMILES string of the molecule is Cc1cc(C)c(S(=O)(=O)NC(C)Cn2ccc3cc([N+](=O)[O-])ccc32)c(C)c1. The molecule has 0 saturated heterocycles. The van der Waals surface area contributed by atoms with Crippen molar-refractivity contribution in [1.29, 1.82) is 0 Å². The minimum atomic E-state index is -3.66. The van der Waals surface area contributed by atoms with Crippen LogP contribution in [-0.4, -0.2) is 24.0 Å². The molecule has 1 unspecified atom stereocenters. The average molecular weight is 401 g/mol. The van der Waals surface area contributed by atoms with E-state index in [1.165, 1.54) is 12.1 Å². The first-order valence-electron chi connectivity index (χ1n) is 8.92. The Morgan fingerprint density at radius 3 is 2.36 bits per heavy atom. The first-order chi connectivity index (χ1) is 13.1. The molecule has 8 heteroatoms. The number of benzene rings is 2. The topological polar surface area (TPSA) is 94.2 Å². The molecule has 0 aliphatic heterocycles. The van der Waals surface area contributed by atoms with Gasteiger partial charge in [0, 0.05) is 41.8 Å². The maximum atomic E-state index is 12.9. The molecule has 0 aliphatic carbocycles. The van der Waals surface area contributed by atoms with Crippen molar-refractivity contribution in [1.82, 2.24) is 9.29 Å². The smallest absolute Gasteiger partial charge is 0.270 e. The Morgan fingerprint density at radius 1 is 1.11 bits per heavy atom. The van der Waals surface area contributed by atoms with Crippen LogP contribution in [0.2, 0.25) is 0 Å². The molecular formula is C20H23N3O4S. The lowest BCUT2D eigenvalue weighted by Gasteiger charge is -2.18. The third-order valence-corrected chi connectivity index (χ3v) is 6.56. The summed E-state index contributed by atoms with van der Waals surface area (Å²) < 4.78 is 30.5. The van der Waals surface area contributed by atoms with Gasteiger partial charge in [-0.15, -0.1) is 0 Å². The van der Waals surface area contributed by atoms with Crippen molar-refractivity contribution in [2.45, 2.75) is 45.2 Å². The zero-order valence-corrected chi connectivity index (χ0v) is 17.1. The highest BCUT2D eigenvalue weighted by Crippen LogP contribution is 2.24. The lowest BCUT2D eigenvalue weighted by atomic mass is 10.1.